The summed E-state index contributed by atoms with van der Waals surface area (Å²) < 4.78 is 16.8. The van der Waals surface area contributed by atoms with Crippen molar-refractivity contribution >= 4 is 5.97 Å². The Balaban J connectivity index is 1.73. The first kappa shape index (κ1) is 22.5. The lowest BCUT2D eigenvalue weighted by atomic mass is 10.1. The van der Waals surface area contributed by atoms with Gasteiger partial charge in [0.25, 0.3) is 0 Å². The number of allylic oxidation sites excluding steroid dienone is 1. The molecule has 4 heteroatoms. The van der Waals surface area contributed by atoms with Gasteiger partial charge in [0.05, 0.1) is 18.8 Å². The van der Waals surface area contributed by atoms with Crippen molar-refractivity contribution in [3.8, 4) is 17.2 Å². The van der Waals surface area contributed by atoms with Gasteiger partial charge >= 0.3 is 5.97 Å². The van der Waals surface area contributed by atoms with E-state index in [4.69, 9.17) is 14.2 Å². The lowest BCUT2D eigenvalue weighted by Gasteiger charge is -2.09. The summed E-state index contributed by atoms with van der Waals surface area (Å²) in [4.78, 5) is 12.3. The van der Waals surface area contributed by atoms with Crippen LogP contribution in [0.4, 0.5) is 0 Å². The zero-order valence-corrected chi connectivity index (χ0v) is 17.4. The fraction of sp³-hybridized carbons (Fsp3) is 0.400. The van der Waals surface area contributed by atoms with E-state index in [2.05, 4.69) is 13.5 Å². The number of hydrogen-bond acceptors (Lipinski definition) is 4. The third-order valence-corrected chi connectivity index (χ3v) is 4.46. The second-order valence-corrected chi connectivity index (χ2v) is 6.93. The molecule has 4 nitrogen and oxygen atoms in total. The van der Waals surface area contributed by atoms with Gasteiger partial charge in [-0.05, 0) is 74.2 Å². The van der Waals surface area contributed by atoms with Gasteiger partial charge in [0.1, 0.15) is 17.2 Å². The number of carbonyl (C=O) groups excluding carboxylic acids is 1. The SMILES string of the molecule is C=CCCCCCCOc1ccc(C(=O)Oc2ccc(OCCCC)cc2)cc1. The maximum absolute atomic E-state index is 12.3. The molecule has 0 saturated carbocycles. The molecule has 0 heterocycles. The van der Waals surface area contributed by atoms with Gasteiger partial charge in [-0.2, -0.15) is 0 Å². The fourth-order valence-electron chi connectivity index (χ4n) is 2.73. The number of hydrogen-bond donors (Lipinski definition) is 0. The predicted octanol–water partition coefficient (Wildman–Crippen LogP) is 6.60. The van der Waals surface area contributed by atoms with Crippen LogP contribution >= 0.6 is 0 Å². The molecule has 2 rings (SSSR count). The summed E-state index contributed by atoms with van der Waals surface area (Å²) in [6.45, 7) is 7.23. The fourth-order valence-corrected chi connectivity index (χ4v) is 2.73. The van der Waals surface area contributed by atoms with Crippen LogP contribution in [0.15, 0.2) is 61.2 Å². The van der Waals surface area contributed by atoms with Crippen molar-refractivity contribution in [3.63, 3.8) is 0 Å². The van der Waals surface area contributed by atoms with Crippen LogP contribution in [-0.4, -0.2) is 19.2 Å². The number of carbonyl (C=O) groups is 1. The third-order valence-electron chi connectivity index (χ3n) is 4.46. The quantitative estimate of drug-likeness (QED) is 0.156. The monoisotopic (exact) mass is 396 g/mol. The number of unbranched alkanes of at least 4 members (excludes halogenated alkanes) is 5. The zero-order valence-electron chi connectivity index (χ0n) is 17.4. The minimum Gasteiger partial charge on any atom is -0.494 e. The summed E-state index contributed by atoms with van der Waals surface area (Å²) in [6.07, 6.45) is 9.72. The molecule has 29 heavy (non-hydrogen) atoms. The standard InChI is InChI=1S/C25H32O4/c1-3-5-7-8-9-10-20-28-22-13-11-21(12-14-22)25(26)29-24-17-15-23(16-18-24)27-19-6-4-2/h3,11-18H,1,4-10,19-20H2,2H3. The Labute approximate surface area is 174 Å². The first-order valence-electron chi connectivity index (χ1n) is 10.5. The molecular weight excluding hydrogens is 364 g/mol. The highest BCUT2D eigenvalue weighted by Gasteiger charge is 2.09. The van der Waals surface area contributed by atoms with E-state index in [9.17, 15) is 4.79 Å². The molecule has 0 N–H and O–H groups in total. The van der Waals surface area contributed by atoms with E-state index in [1.54, 1.807) is 36.4 Å². The highest BCUT2D eigenvalue weighted by atomic mass is 16.5. The zero-order chi connectivity index (χ0) is 20.7. The lowest BCUT2D eigenvalue weighted by molar-refractivity contribution is 0.0734. The van der Waals surface area contributed by atoms with Crippen molar-refractivity contribution in [1.29, 1.82) is 0 Å². The Kier molecular flexibility index (Phi) is 10.4. The molecule has 2 aromatic carbocycles. The van der Waals surface area contributed by atoms with Crippen molar-refractivity contribution in [2.45, 2.75) is 51.9 Å². The average molecular weight is 397 g/mol. The van der Waals surface area contributed by atoms with E-state index in [-0.39, 0.29) is 0 Å². The Morgan fingerprint density at radius 3 is 1.97 bits per heavy atom. The summed E-state index contributed by atoms with van der Waals surface area (Å²) in [5.74, 6) is 1.65. The first-order chi connectivity index (χ1) is 14.2. The van der Waals surface area contributed by atoms with Gasteiger partial charge in [0, 0.05) is 0 Å². The highest BCUT2D eigenvalue weighted by Crippen LogP contribution is 2.20. The van der Waals surface area contributed by atoms with Crippen molar-refractivity contribution < 1.29 is 19.0 Å². The number of ether oxygens (including phenoxy) is 3. The molecule has 0 radical (unpaired) electrons. The van der Waals surface area contributed by atoms with E-state index in [1.165, 1.54) is 12.8 Å². The number of esters is 1. The van der Waals surface area contributed by atoms with Gasteiger partial charge in [-0.1, -0.05) is 32.3 Å². The lowest BCUT2D eigenvalue weighted by Crippen LogP contribution is -2.08. The Bertz CT molecular complexity index is 719. The predicted molar refractivity (Wildman–Crippen MR) is 117 cm³/mol. The molecule has 0 amide bonds. The highest BCUT2D eigenvalue weighted by molar-refractivity contribution is 5.91. The molecule has 0 bridgehead atoms. The number of rotatable bonds is 14. The first-order valence-corrected chi connectivity index (χ1v) is 10.5. The van der Waals surface area contributed by atoms with Gasteiger partial charge < -0.3 is 14.2 Å². The normalized spacial score (nSPS) is 10.4. The Morgan fingerprint density at radius 2 is 1.34 bits per heavy atom. The summed E-state index contributed by atoms with van der Waals surface area (Å²) in [6, 6.07) is 14.2. The van der Waals surface area contributed by atoms with Crippen LogP contribution in [0.1, 0.15) is 62.2 Å². The van der Waals surface area contributed by atoms with E-state index in [0.717, 1.165) is 43.6 Å². The van der Waals surface area contributed by atoms with Crippen molar-refractivity contribution in [1.82, 2.24) is 0 Å². The summed E-state index contributed by atoms with van der Waals surface area (Å²) in [5.41, 5.74) is 0.491. The molecule has 2 aromatic rings. The minimum atomic E-state index is -0.390. The molecule has 0 aromatic heterocycles. The van der Waals surface area contributed by atoms with Gasteiger partial charge in [-0.3, -0.25) is 0 Å². The molecule has 0 saturated heterocycles. The molecule has 0 aliphatic rings. The second-order valence-electron chi connectivity index (χ2n) is 6.93. The third kappa shape index (κ3) is 8.86. The number of benzene rings is 2. The van der Waals surface area contributed by atoms with E-state index >= 15 is 0 Å². The molecule has 0 aliphatic carbocycles. The van der Waals surface area contributed by atoms with Crippen LogP contribution in [-0.2, 0) is 0 Å². The van der Waals surface area contributed by atoms with E-state index in [0.29, 0.717) is 24.5 Å². The van der Waals surface area contributed by atoms with Gasteiger partial charge in [0.15, 0.2) is 0 Å². The largest absolute Gasteiger partial charge is 0.494 e. The average Bonchev–Trinajstić information content (AvgIpc) is 2.75. The Morgan fingerprint density at radius 1 is 0.793 bits per heavy atom. The van der Waals surface area contributed by atoms with Crippen LogP contribution in [0.25, 0.3) is 0 Å². The van der Waals surface area contributed by atoms with Crippen LogP contribution in [0.3, 0.4) is 0 Å². The maximum Gasteiger partial charge on any atom is 0.343 e. The van der Waals surface area contributed by atoms with Gasteiger partial charge in [0.2, 0.25) is 0 Å². The molecule has 0 aliphatic heterocycles. The topological polar surface area (TPSA) is 44.8 Å². The maximum atomic E-state index is 12.3. The molecule has 0 spiro atoms. The molecule has 0 atom stereocenters. The summed E-state index contributed by atoms with van der Waals surface area (Å²) in [7, 11) is 0. The van der Waals surface area contributed by atoms with Crippen molar-refractivity contribution in [2.75, 3.05) is 13.2 Å². The Hall–Kier alpha value is -2.75. The van der Waals surface area contributed by atoms with Gasteiger partial charge in [-0.25, -0.2) is 4.79 Å². The summed E-state index contributed by atoms with van der Waals surface area (Å²) >= 11 is 0. The van der Waals surface area contributed by atoms with Crippen LogP contribution in [0.5, 0.6) is 17.2 Å². The van der Waals surface area contributed by atoms with Crippen LogP contribution in [0, 0.1) is 0 Å². The smallest absolute Gasteiger partial charge is 0.343 e. The summed E-state index contributed by atoms with van der Waals surface area (Å²) in [5, 5.41) is 0. The van der Waals surface area contributed by atoms with Gasteiger partial charge in [-0.15, -0.1) is 6.58 Å². The minimum absolute atomic E-state index is 0.390. The van der Waals surface area contributed by atoms with Crippen molar-refractivity contribution in [3.05, 3.63) is 66.7 Å². The van der Waals surface area contributed by atoms with Crippen LogP contribution in [0.2, 0.25) is 0 Å². The van der Waals surface area contributed by atoms with Crippen molar-refractivity contribution in [2.24, 2.45) is 0 Å². The van der Waals surface area contributed by atoms with E-state index in [1.807, 2.05) is 18.2 Å². The second kappa shape index (κ2) is 13.4. The van der Waals surface area contributed by atoms with Crippen LogP contribution < -0.4 is 14.2 Å². The molecule has 0 fully saturated rings. The van der Waals surface area contributed by atoms with E-state index < -0.39 is 5.97 Å². The molecular formula is C25H32O4. The molecule has 156 valence electrons. The molecule has 0 unspecified atom stereocenters.